The van der Waals surface area contributed by atoms with E-state index >= 15 is 0 Å². The van der Waals surface area contributed by atoms with Gasteiger partial charge in [0.1, 0.15) is 11.0 Å². The van der Waals surface area contributed by atoms with Crippen LogP contribution in [0.1, 0.15) is 43.6 Å². The fraction of sp³-hybridized carbons (Fsp3) is 0.615. The molecule has 1 saturated carbocycles. The van der Waals surface area contributed by atoms with E-state index in [4.69, 9.17) is 11.6 Å². The van der Waals surface area contributed by atoms with Crippen LogP contribution < -0.4 is 4.90 Å². The molecule has 1 heterocycles. The Kier molecular flexibility index (Phi) is 3.70. The third-order valence-corrected chi connectivity index (χ3v) is 3.53. The monoisotopic (exact) mass is 238 g/mol. The van der Waals surface area contributed by atoms with Crippen LogP contribution in [0.3, 0.4) is 0 Å². The highest BCUT2D eigenvalue weighted by Crippen LogP contribution is 2.34. The van der Waals surface area contributed by atoms with E-state index < -0.39 is 0 Å². The van der Waals surface area contributed by atoms with Gasteiger partial charge in [0.25, 0.3) is 0 Å². The van der Waals surface area contributed by atoms with E-state index in [-0.39, 0.29) is 0 Å². The molecule has 0 unspecified atom stereocenters. The van der Waals surface area contributed by atoms with Gasteiger partial charge in [0.2, 0.25) is 0 Å². The van der Waals surface area contributed by atoms with Crippen molar-refractivity contribution in [1.29, 1.82) is 0 Å². The van der Waals surface area contributed by atoms with Crippen LogP contribution in [0, 0.1) is 0 Å². The molecule has 1 aliphatic carbocycles. The number of nitrogens with zero attached hydrogens (tertiary/aromatic N) is 2. The number of rotatable bonds is 2. The summed E-state index contributed by atoms with van der Waals surface area (Å²) in [6.45, 7) is 0. The average Bonchev–Trinajstić information content (AvgIpc) is 2.29. The Morgan fingerprint density at radius 1 is 1.19 bits per heavy atom. The zero-order chi connectivity index (χ0) is 11.5. The zero-order valence-corrected chi connectivity index (χ0v) is 10.8. The van der Waals surface area contributed by atoms with E-state index in [1.165, 1.54) is 37.7 Å². The van der Waals surface area contributed by atoms with Gasteiger partial charge in [-0.25, -0.2) is 4.98 Å². The van der Waals surface area contributed by atoms with Gasteiger partial charge in [-0.15, -0.1) is 0 Å². The molecule has 1 aliphatic rings. The topological polar surface area (TPSA) is 16.1 Å². The van der Waals surface area contributed by atoms with Crippen LogP contribution >= 0.6 is 11.6 Å². The Hall–Kier alpha value is -0.760. The van der Waals surface area contributed by atoms with Crippen molar-refractivity contribution in [3.63, 3.8) is 0 Å². The smallest absolute Gasteiger partial charge is 0.131 e. The van der Waals surface area contributed by atoms with Crippen LogP contribution in [0.2, 0.25) is 5.15 Å². The summed E-state index contributed by atoms with van der Waals surface area (Å²) in [5, 5.41) is 0.617. The van der Waals surface area contributed by atoms with E-state index in [0.717, 1.165) is 5.82 Å². The maximum absolute atomic E-state index is 6.08. The van der Waals surface area contributed by atoms with Gasteiger partial charge in [0.05, 0.1) is 0 Å². The molecule has 1 aromatic heterocycles. The number of hydrogen-bond acceptors (Lipinski definition) is 2. The fourth-order valence-electron chi connectivity index (χ4n) is 2.40. The minimum Gasteiger partial charge on any atom is -0.363 e. The van der Waals surface area contributed by atoms with Gasteiger partial charge in [-0.3, -0.25) is 0 Å². The van der Waals surface area contributed by atoms with Crippen molar-refractivity contribution < 1.29 is 0 Å². The van der Waals surface area contributed by atoms with Gasteiger partial charge in [-0.2, -0.15) is 0 Å². The SMILES string of the molecule is CN(C)c1cc(C2CCCCC2)cc(Cl)n1. The summed E-state index contributed by atoms with van der Waals surface area (Å²) >= 11 is 6.08. The highest BCUT2D eigenvalue weighted by molar-refractivity contribution is 6.29. The van der Waals surface area contributed by atoms with E-state index in [9.17, 15) is 0 Å². The summed E-state index contributed by atoms with van der Waals surface area (Å²) in [4.78, 5) is 6.33. The van der Waals surface area contributed by atoms with Crippen molar-refractivity contribution in [2.24, 2.45) is 0 Å². The molecule has 88 valence electrons. The summed E-state index contributed by atoms with van der Waals surface area (Å²) in [7, 11) is 4.01. The normalized spacial score (nSPS) is 17.4. The summed E-state index contributed by atoms with van der Waals surface area (Å²) in [5.74, 6) is 1.65. The van der Waals surface area contributed by atoms with Crippen LogP contribution in [-0.2, 0) is 0 Å². The Morgan fingerprint density at radius 3 is 2.50 bits per heavy atom. The Labute approximate surface area is 103 Å². The second-order valence-electron chi connectivity index (χ2n) is 4.81. The molecule has 1 aromatic rings. The molecule has 2 nitrogen and oxygen atoms in total. The molecule has 0 amide bonds. The van der Waals surface area contributed by atoms with Crippen molar-refractivity contribution in [3.05, 3.63) is 22.8 Å². The third-order valence-electron chi connectivity index (χ3n) is 3.34. The van der Waals surface area contributed by atoms with Crippen molar-refractivity contribution in [2.45, 2.75) is 38.0 Å². The first-order valence-electron chi connectivity index (χ1n) is 6.01. The van der Waals surface area contributed by atoms with Crippen molar-refractivity contribution >= 4 is 17.4 Å². The standard InChI is InChI=1S/C13H19ClN2/c1-16(2)13-9-11(8-12(14)15-13)10-6-4-3-5-7-10/h8-10H,3-7H2,1-2H3. The van der Waals surface area contributed by atoms with Gasteiger partial charge < -0.3 is 4.90 Å². The van der Waals surface area contributed by atoms with Gasteiger partial charge in [0, 0.05) is 14.1 Å². The van der Waals surface area contributed by atoms with Crippen molar-refractivity contribution in [1.82, 2.24) is 4.98 Å². The summed E-state index contributed by atoms with van der Waals surface area (Å²) in [6.07, 6.45) is 6.68. The molecular weight excluding hydrogens is 220 g/mol. The maximum atomic E-state index is 6.08. The van der Waals surface area contributed by atoms with Crippen molar-refractivity contribution in [3.8, 4) is 0 Å². The Bertz CT molecular complexity index is 357. The average molecular weight is 239 g/mol. The minimum atomic E-state index is 0.617. The Morgan fingerprint density at radius 2 is 1.88 bits per heavy atom. The first-order chi connectivity index (χ1) is 7.66. The summed E-state index contributed by atoms with van der Waals surface area (Å²) in [5.41, 5.74) is 1.36. The number of halogens is 1. The largest absolute Gasteiger partial charge is 0.363 e. The molecule has 16 heavy (non-hydrogen) atoms. The molecule has 0 N–H and O–H groups in total. The van der Waals surface area contributed by atoms with E-state index in [0.29, 0.717) is 11.1 Å². The third kappa shape index (κ3) is 2.67. The summed E-state index contributed by atoms with van der Waals surface area (Å²) < 4.78 is 0. The van der Waals surface area contributed by atoms with Crippen LogP contribution in [0.5, 0.6) is 0 Å². The highest BCUT2D eigenvalue weighted by Gasteiger charge is 2.17. The van der Waals surface area contributed by atoms with Crippen LogP contribution in [0.15, 0.2) is 12.1 Å². The second kappa shape index (κ2) is 5.05. The second-order valence-corrected chi connectivity index (χ2v) is 5.20. The number of hydrogen-bond donors (Lipinski definition) is 0. The number of aromatic nitrogens is 1. The van der Waals surface area contributed by atoms with Gasteiger partial charge in [-0.05, 0) is 36.5 Å². The quantitative estimate of drug-likeness (QED) is 0.728. The Balaban J connectivity index is 2.25. The predicted molar refractivity (Wildman–Crippen MR) is 69.4 cm³/mol. The fourth-order valence-corrected chi connectivity index (χ4v) is 2.62. The highest BCUT2D eigenvalue weighted by atomic mass is 35.5. The zero-order valence-electron chi connectivity index (χ0n) is 10.0. The van der Waals surface area contributed by atoms with E-state index in [1.54, 1.807) is 0 Å². The molecule has 0 spiro atoms. The number of anilines is 1. The number of pyridine rings is 1. The van der Waals surface area contributed by atoms with Crippen LogP contribution in [0.4, 0.5) is 5.82 Å². The molecule has 2 rings (SSSR count). The molecule has 0 bridgehead atoms. The van der Waals surface area contributed by atoms with E-state index in [2.05, 4.69) is 11.1 Å². The van der Waals surface area contributed by atoms with Gasteiger partial charge >= 0.3 is 0 Å². The first-order valence-corrected chi connectivity index (χ1v) is 6.39. The molecule has 0 radical (unpaired) electrons. The lowest BCUT2D eigenvalue weighted by molar-refractivity contribution is 0.443. The molecular formula is C13H19ClN2. The van der Waals surface area contributed by atoms with Gasteiger partial charge in [-0.1, -0.05) is 30.9 Å². The molecule has 1 fully saturated rings. The summed E-state index contributed by atoms with van der Waals surface area (Å²) in [6, 6.07) is 4.21. The molecule has 3 heteroatoms. The molecule has 0 atom stereocenters. The lowest BCUT2D eigenvalue weighted by atomic mass is 9.84. The molecule has 0 aliphatic heterocycles. The van der Waals surface area contributed by atoms with Crippen molar-refractivity contribution in [2.75, 3.05) is 19.0 Å². The maximum Gasteiger partial charge on any atom is 0.131 e. The van der Waals surface area contributed by atoms with Gasteiger partial charge in [0.15, 0.2) is 0 Å². The lowest BCUT2D eigenvalue weighted by Crippen LogP contribution is -2.12. The predicted octanol–water partition coefficient (Wildman–Crippen LogP) is 3.85. The van der Waals surface area contributed by atoms with Crippen LogP contribution in [-0.4, -0.2) is 19.1 Å². The minimum absolute atomic E-state index is 0.617. The van der Waals surface area contributed by atoms with E-state index in [1.807, 2.05) is 25.1 Å². The lowest BCUT2D eigenvalue weighted by Gasteiger charge is -2.23. The van der Waals surface area contributed by atoms with Crippen LogP contribution in [0.25, 0.3) is 0 Å². The molecule has 0 saturated heterocycles. The first kappa shape index (κ1) is 11.7. The molecule has 0 aromatic carbocycles.